The summed E-state index contributed by atoms with van der Waals surface area (Å²) < 4.78 is 2.30. The van der Waals surface area contributed by atoms with Crippen LogP contribution in [0.25, 0.3) is 0 Å². The van der Waals surface area contributed by atoms with Crippen molar-refractivity contribution in [2.24, 2.45) is 11.3 Å². The molecule has 0 saturated carbocycles. The first-order valence-corrected chi connectivity index (χ1v) is 14.4. The van der Waals surface area contributed by atoms with Crippen molar-refractivity contribution < 1.29 is 5.11 Å². The molecule has 0 unspecified atom stereocenters. The first-order valence-electron chi connectivity index (χ1n) is 14.4. The standard InChI is InChI=1S/C30H45N7O/c1-25(2)20-34-16-8-30(9-17-34)10-18-35(24-30)14-5-15-37-19-13-33-29(37)23-36(22-28-31-11-12-32-28)21-26-6-3-4-7-27(26)38/h3-4,6-7,11-13,19,25,38H,5,8-10,14-18,20-24H2,1-2H3,(H,31,32). The fourth-order valence-corrected chi connectivity index (χ4v) is 6.36. The van der Waals surface area contributed by atoms with Gasteiger partial charge >= 0.3 is 0 Å². The average molecular weight is 520 g/mol. The van der Waals surface area contributed by atoms with E-state index in [0.717, 1.165) is 42.6 Å². The smallest absolute Gasteiger partial charge is 0.122 e. The first kappa shape index (κ1) is 26.9. The predicted octanol–water partition coefficient (Wildman–Crippen LogP) is 4.35. The molecule has 0 radical (unpaired) electrons. The number of aromatic amines is 1. The Balaban J connectivity index is 1.13. The monoisotopic (exact) mass is 519 g/mol. The van der Waals surface area contributed by atoms with Crippen LogP contribution in [0.15, 0.2) is 49.1 Å². The number of H-pyrrole nitrogens is 1. The number of phenols is 1. The Kier molecular flexibility index (Phi) is 8.82. The van der Waals surface area contributed by atoms with Crippen molar-refractivity contribution in [2.75, 3.05) is 39.3 Å². The van der Waals surface area contributed by atoms with Gasteiger partial charge in [-0.1, -0.05) is 32.0 Å². The van der Waals surface area contributed by atoms with Crippen LogP contribution in [0.4, 0.5) is 0 Å². The third-order valence-corrected chi connectivity index (χ3v) is 8.41. The second kappa shape index (κ2) is 12.5. The van der Waals surface area contributed by atoms with Gasteiger partial charge in [-0.3, -0.25) is 4.90 Å². The summed E-state index contributed by atoms with van der Waals surface area (Å²) >= 11 is 0. The van der Waals surface area contributed by atoms with E-state index in [2.05, 4.69) is 49.3 Å². The van der Waals surface area contributed by atoms with Crippen molar-refractivity contribution in [1.29, 1.82) is 0 Å². The van der Waals surface area contributed by atoms with E-state index >= 15 is 0 Å². The van der Waals surface area contributed by atoms with Gasteiger partial charge in [-0.15, -0.1) is 0 Å². The molecule has 2 saturated heterocycles. The molecule has 1 aromatic carbocycles. The highest BCUT2D eigenvalue weighted by molar-refractivity contribution is 5.31. The maximum atomic E-state index is 10.3. The predicted molar refractivity (Wildman–Crippen MR) is 150 cm³/mol. The van der Waals surface area contributed by atoms with Crippen molar-refractivity contribution in [3.63, 3.8) is 0 Å². The van der Waals surface area contributed by atoms with E-state index in [1.165, 1.54) is 52.0 Å². The van der Waals surface area contributed by atoms with E-state index in [1.54, 1.807) is 12.3 Å². The molecule has 0 bridgehead atoms. The van der Waals surface area contributed by atoms with Gasteiger partial charge in [0.05, 0.1) is 13.1 Å². The molecule has 1 spiro atoms. The zero-order valence-corrected chi connectivity index (χ0v) is 23.2. The number of likely N-dealkylation sites (tertiary alicyclic amines) is 2. The van der Waals surface area contributed by atoms with E-state index in [9.17, 15) is 5.11 Å². The number of aromatic nitrogens is 4. The lowest BCUT2D eigenvalue weighted by molar-refractivity contribution is 0.0989. The Hall–Kier alpha value is -2.68. The molecular formula is C30H45N7O. The quantitative estimate of drug-likeness (QED) is 0.371. The summed E-state index contributed by atoms with van der Waals surface area (Å²) in [5.74, 6) is 3.06. The summed E-state index contributed by atoms with van der Waals surface area (Å²) in [5.41, 5.74) is 1.47. The highest BCUT2D eigenvalue weighted by Crippen LogP contribution is 2.40. The maximum Gasteiger partial charge on any atom is 0.122 e. The number of aryl methyl sites for hydroxylation is 1. The van der Waals surface area contributed by atoms with Crippen LogP contribution in [0, 0.1) is 11.3 Å². The molecule has 0 atom stereocenters. The van der Waals surface area contributed by atoms with Gasteiger partial charge in [0.2, 0.25) is 0 Å². The van der Waals surface area contributed by atoms with Gasteiger partial charge in [-0.2, -0.15) is 0 Å². The minimum Gasteiger partial charge on any atom is -0.508 e. The van der Waals surface area contributed by atoms with E-state index in [0.29, 0.717) is 30.8 Å². The molecule has 2 aliphatic heterocycles. The average Bonchev–Trinajstić information content (AvgIpc) is 3.65. The number of aromatic hydroxyl groups is 1. The van der Waals surface area contributed by atoms with Gasteiger partial charge in [-0.05, 0) is 69.3 Å². The number of para-hydroxylation sites is 1. The van der Waals surface area contributed by atoms with Gasteiger partial charge in [0.1, 0.15) is 17.4 Å². The van der Waals surface area contributed by atoms with E-state index in [4.69, 9.17) is 4.98 Å². The van der Waals surface area contributed by atoms with E-state index in [-0.39, 0.29) is 0 Å². The fraction of sp³-hybridized carbons (Fsp3) is 0.600. The number of phenolic OH excluding ortho intramolecular Hbond substituents is 1. The Labute approximate surface area is 227 Å². The largest absolute Gasteiger partial charge is 0.508 e. The lowest BCUT2D eigenvalue weighted by Gasteiger charge is -2.40. The van der Waals surface area contributed by atoms with Crippen molar-refractivity contribution >= 4 is 0 Å². The molecule has 2 aliphatic rings. The number of nitrogens with zero attached hydrogens (tertiary/aromatic N) is 6. The van der Waals surface area contributed by atoms with Gasteiger partial charge in [0, 0.05) is 56.5 Å². The van der Waals surface area contributed by atoms with E-state index < -0.39 is 0 Å². The number of benzene rings is 1. The zero-order chi connectivity index (χ0) is 26.4. The van der Waals surface area contributed by atoms with Crippen molar-refractivity contribution in [2.45, 2.75) is 65.7 Å². The van der Waals surface area contributed by atoms with Gasteiger partial charge in [-0.25, -0.2) is 9.97 Å². The highest BCUT2D eigenvalue weighted by atomic mass is 16.3. The molecule has 38 heavy (non-hydrogen) atoms. The molecule has 0 amide bonds. The normalized spacial score (nSPS) is 18.3. The molecule has 8 nitrogen and oxygen atoms in total. The molecule has 4 heterocycles. The molecule has 3 aromatic rings. The lowest BCUT2D eigenvalue weighted by Crippen LogP contribution is -2.42. The fourth-order valence-electron chi connectivity index (χ4n) is 6.36. The van der Waals surface area contributed by atoms with Crippen LogP contribution in [0.5, 0.6) is 5.75 Å². The zero-order valence-electron chi connectivity index (χ0n) is 23.2. The number of piperidine rings is 1. The Morgan fingerprint density at radius 3 is 2.50 bits per heavy atom. The van der Waals surface area contributed by atoms with Crippen molar-refractivity contribution in [3.05, 3.63) is 66.3 Å². The van der Waals surface area contributed by atoms with Crippen molar-refractivity contribution in [1.82, 2.24) is 34.2 Å². The van der Waals surface area contributed by atoms with Crippen LogP contribution < -0.4 is 0 Å². The number of imidazole rings is 2. The minimum atomic E-state index is 0.328. The minimum absolute atomic E-state index is 0.328. The molecule has 2 fully saturated rings. The van der Waals surface area contributed by atoms with Crippen molar-refractivity contribution in [3.8, 4) is 5.75 Å². The maximum absolute atomic E-state index is 10.3. The SMILES string of the molecule is CC(C)CN1CCC2(CC1)CCN(CCCn1ccnc1CN(Cc1ncc[nH]1)Cc1ccccc1O)C2. The Morgan fingerprint density at radius 2 is 1.76 bits per heavy atom. The number of nitrogens with one attached hydrogen (secondary N) is 1. The van der Waals surface area contributed by atoms with Crippen LogP contribution in [0.1, 0.15) is 56.7 Å². The molecule has 2 aromatic heterocycles. The molecule has 8 heteroatoms. The topological polar surface area (TPSA) is 76.5 Å². The summed E-state index contributed by atoms with van der Waals surface area (Å²) in [7, 11) is 0. The van der Waals surface area contributed by atoms with Crippen LogP contribution in [0.3, 0.4) is 0 Å². The number of hydrogen-bond donors (Lipinski definition) is 2. The van der Waals surface area contributed by atoms with Crippen LogP contribution in [-0.2, 0) is 26.2 Å². The first-order chi connectivity index (χ1) is 18.5. The molecular weight excluding hydrogens is 474 g/mol. The third-order valence-electron chi connectivity index (χ3n) is 8.41. The lowest BCUT2D eigenvalue weighted by atomic mass is 9.77. The number of rotatable bonds is 12. The summed E-state index contributed by atoms with van der Waals surface area (Å²) in [5, 5.41) is 10.3. The Bertz CT molecular complexity index is 1120. The van der Waals surface area contributed by atoms with Gasteiger partial charge in [0.25, 0.3) is 0 Å². The van der Waals surface area contributed by atoms with Gasteiger partial charge < -0.3 is 24.5 Å². The second-order valence-corrected chi connectivity index (χ2v) is 11.9. The molecule has 2 N–H and O–H groups in total. The van der Waals surface area contributed by atoms with Crippen LogP contribution >= 0.6 is 0 Å². The molecule has 206 valence electrons. The van der Waals surface area contributed by atoms with Crippen LogP contribution in [0.2, 0.25) is 0 Å². The summed E-state index contributed by atoms with van der Waals surface area (Å²) in [4.78, 5) is 20.0. The summed E-state index contributed by atoms with van der Waals surface area (Å²) in [6.07, 6.45) is 12.9. The number of hydrogen-bond acceptors (Lipinski definition) is 6. The third kappa shape index (κ3) is 7.04. The Morgan fingerprint density at radius 1 is 0.974 bits per heavy atom. The molecule has 0 aliphatic carbocycles. The van der Waals surface area contributed by atoms with E-state index in [1.807, 2.05) is 30.6 Å². The van der Waals surface area contributed by atoms with Crippen LogP contribution in [-0.4, -0.2) is 78.6 Å². The second-order valence-electron chi connectivity index (χ2n) is 11.9. The summed E-state index contributed by atoms with van der Waals surface area (Å²) in [6, 6.07) is 7.56. The summed E-state index contributed by atoms with van der Waals surface area (Å²) in [6.45, 7) is 15.1. The highest BCUT2D eigenvalue weighted by Gasteiger charge is 2.40. The van der Waals surface area contributed by atoms with Gasteiger partial charge in [0.15, 0.2) is 0 Å². The molecule has 5 rings (SSSR count).